The van der Waals surface area contributed by atoms with Gasteiger partial charge in [0.25, 0.3) is 0 Å². The van der Waals surface area contributed by atoms with Crippen molar-refractivity contribution in [2.24, 2.45) is 5.73 Å². The van der Waals surface area contributed by atoms with Crippen LogP contribution in [0, 0.1) is 0 Å². The molecule has 4 N–H and O–H groups in total. The lowest BCUT2D eigenvalue weighted by Crippen LogP contribution is -2.35. The first-order chi connectivity index (χ1) is 16.1. The fourth-order valence-corrected chi connectivity index (χ4v) is 3.95. The topological polar surface area (TPSA) is 106 Å². The van der Waals surface area contributed by atoms with Gasteiger partial charge < -0.3 is 21.1 Å². The molecule has 3 amide bonds. The summed E-state index contributed by atoms with van der Waals surface area (Å²) in [5, 5.41) is 8.34. The lowest BCUT2D eigenvalue weighted by atomic mass is 10.0. The first-order valence-corrected chi connectivity index (χ1v) is 11.1. The number of hydrogen-bond donors (Lipinski definition) is 3. The number of carbonyl (C=O) groups excluding carboxylic acids is 2. The average Bonchev–Trinajstić information content (AvgIpc) is 3.35. The molecule has 0 spiro atoms. The third kappa shape index (κ3) is 6.18. The fourth-order valence-electron chi connectivity index (χ4n) is 3.30. The molecule has 166 valence electrons. The van der Waals surface area contributed by atoms with Gasteiger partial charge in [-0.2, -0.15) is 0 Å². The number of rotatable bonds is 8. The summed E-state index contributed by atoms with van der Waals surface area (Å²) in [5.74, 6) is 1.02. The fraction of sp³-hybridized carbons (Fsp3) is 0.0800. The number of benzene rings is 3. The molecular formula is C25H22N4O3S. The van der Waals surface area contributed by atoms with Gasteiger partial charge in [0, 0.05) is 22.8 Å². The molecule has 0 radical (unpaired) electrons. The number of anilines is 1. The highest BCUT2D eigenvalue weighted by Gasteiger charge is 2.18. The lowest BCUT2D eigenvalue weighted by molar-refractivity contribution is -0.116. The van der Waals surface area contributed by atoms with E-state index in [-0.39, 0.29) is 12.3 Å². The van der Waals surface area contributed by atoms with Crippen molar-refractivity contribution in [3.63, 3.8) is 0 Å². The molecule has 3 aromatic carbocycles. The summed E-state index contributed by atoms with van der Waals surface area (Å²) in [6, 6.07) is 22.7. The molecule has 1 aromatic heterocycles. The number of primary amides is 1. The molecule has 7 nitrogen and oxygen atoms in total. The van der Waals surface area contributed by atoms with Gasteiger partial charge >= 0.3 is 6.03 Å². The molecule has 0 fully saturated rings. The zero-order chi connectivity index (χ0) is 23.0. The van der Waals surface area contributed by atoms with Crippen LogP contribution in [0.2, 0.25) is 0 Å². The van der Waals surface area contributed by atoms with E-state index < -0.39 is 12.1 Å². The van der Waals surface area contributed by atoms with Crippen molar-refractivity contribution in [2.45, 2.75) is 12.5 Å². The van der Waals surface area contributed by atoms with Crippen molar-refractivity contribution in [2.75, 3.05) is 5.32 Å². The average molecular weight is 459 g/mol. The van der Waals surface area contributed by atoms with Gasteiger partial charge in [-0.25, -0.2) is 9.78 Å². The third-order valence-corrected chi connectivity index (χ3v) is 5.62. The van der Waals surface area contributed by atoms with Crippen molar-refractivity contribution >= 4 is 29.0 Å². The number of nitrogens with one attached hydrogen (secondary N) is 2. The molecule has 0 saturated carbocycles. The van der Waals surface area contributed by atoms with E-state index in [2.05, 4.69) is 15.6 Å². The van der Waals surface area contributed by atoms with Crippen LogP contribution >= 0.6 is 11.3 Å². The Hall–Kier alpha value is -4.17. The molecular weight excluding hydrogens is 436 g/mol. The number of para-hydroxylation sites is 1. The molecule has 1 atom stereocenters. The van der Waals surface area contributed by atoms with Crippen molar-refractivity contribution < 1.29 is 14.3 Å². The largest absolute Gasteiger partial charge is 0.457 e. The van der Waals surface area contributed by atoms with E-state index in [0.29, 0.717) is 22.7 Å². The minimum absolute atomic E-state index is 0.00591. The Morgan fingerprint density at radius 1 is 0.970 bits per heavy atom. The van der Waals surface area contributed by atoms with Gasteiger partial charge in [0.1, 0.15) is 16.5 Å². The summed E-state index contributed by atoms with van der Waals surface area (Å²) in [5.41, 5.74) is 7.70. The number of nitrogens with zero attached hydrogens (tertiary/aromatic N) is 1. The lowest BCUT2D eigenvalue weighted by Gasteiger charge is -2.19. The Labute approximate surface area is 195 Å². The van der Waals surface area contributed by atoms with Gasteiger partial charge in [0.05, 0.1) is 12.5 Å². The predicted molar refractivity (Wildman–Crippen MR) is 129 cm³/mol. The molecule has 0 unspecified atom stereocenters. The first-order valence-electron chi connectivity index (χ1n) is 10.3. The molecule has 0 bridgehead atoms. The normalized spacial score (nSPS) is 11.4. The molecule has 0 aliphatic rings. The van der Waals surface area contributed by atoms with Gasteiger partial charge in [0.2, 0.25) is 5.91 Å². The van der Waals surface area contributed by atoms with Gasteiger partial charge in [-0.1, -0.05) is 30.3 Å². The Morgan fingerprint density at radius 3 is 2.42 bits per heavy atom. The van der Waals surface area contributed by atoms with E-state index >= 15 is 0 Å². The smallest absolute Gasteiger partial charge is 0.312 e. The summed E-state index contributed by atoms with van der Waals surface area (Å²) < 4.78 is 5.87. The monoisotopic (exact) mass is 458 g/mol. The zero-order valence-corrected chi connectivity index (χ0v) is 18.4. The summed E-state index contributed by atoms with van der Waals surface area (Å²) in [4.78, 5) is 28.6. The van der Waals surface area contributed by atoms with E-state index in [4.69, 9.17) is 10.5 Å². The Bertz CT molecular complexity index is 1210. The Morgan fingerprint density at radius 2 is 1.73 bits per heavy atom. The van der Waals surface area contributed by atoms with E-state index in [1.807, 2.05) is 72.1 Å². The molecule has 0 saturated heterocycles. The molecule has 1 heterocycles. The van der Waals surface area contributed by atoms with Crippen LogP contribution in [-0.4, -0.2) is 16.9 Å². The summed E-state index contributed by atoms with van der Waals surface area (Å²) in [6.07, 6.45) is 1.76. The van der Waals surface area contributed by atoms with Crippen molar-refractivity contribution in [1.82, 2.24) is 10.3 Å². The zero-order valence-electron chi connectivity index (χ0n) is 17.6. The minimum Gasteiger partial charge on any atom is -0.457 e. The maximum atomic E-state index is 12.7. The molecule has 33 heavy (non-hydrogen) atoms. The number of hydrogen-bond acceptors (Lipinski definition) is 5. The van der Waals surface area contributed by atoms with Crippen LogP contribution in [0.1, 0.15) is 18.0 Å². The van der Waals surface area contributed by atoms with Crippen LogP contribution < -0.4 is 21.1 Å². The van der Waals surface area contributed by atoms with E-state index in [1.165, 1.54) is 0 Å². The molecule has 0 aliphatic heterocycles. The van der Waals surface area contributed by atoms with Gasteiger partial charge in [0.15, 0.2) is 0 Å². The Kier molecular flexibility index (Phi) is 6.96. The van der Waals surface area contributed by atoms with Crippen LogP contribution in [0.5, 0.6) is 11.5 Å². The SMILES string of the molecule is NC(=O)N[C@@H](CC(=O)Nc1ccc(-c2nccs2)cc1)c1cccc(Oc2ccccc2)c1. The van der Waals surface area contributed by atoms with Crippen molar-refractivity contribution in [1.29, 1.82) is 0 Å². The number of carbonyl (C=O) groups is 2. The summed E-state index contributed by atoms with van der Waals surface area (Å²) in [6.45, 7) is 0. The van der Waals surface area contributed by atoms with Gasteiger partial charge in [-0.3, -0.25) is 4.79 Å². The van der Waals surface area contributed by atoms with Crippen LogP contribution in [0.15, 0.2) is 90.4 Å². The molecule has 8 heteroatoms. The minimum atomic E-state index is -0.713. The van der Waals surface area contributed by atoms with Crippen LogP contribution in [0.4, 0.5) is 10.5 Å². The second-order valence-electron chi connectivity index (χ2n) is 7.22. The van der Waals surface area contributed by atoms with Gasteiger partial charge in [-0.05, 0) is 54.1 Å². The summed E-state index contributed by atoms with van der Waals surface area (Å²) >= 11 is 1.55. The maximum absolute atomic E-state index is 12.7. The molecule has 4 aromatic rings. The summed E-state index contributed by atoms with van der Waals surface area (Å²) in [7, 11) is 0. The number of urea groups is 1. The molecule has 4 rings (SSSR count). The number of thiazole rings is 1. The van der Waals surface area contributed by atoms with Crippen LogP contribution in [0.25, 0.3) is 10.6 Å². The number of aromatic nitrogens is 1. The highest BCUT2D eigenvalue weighted by atomic mass is 32.1. The highest BCUT2D eigenvalue weighted by molar-refractivity contribution is 7.13. The van der Waals surface area contributed by atoms with Crippen molar-refractivity contribution in [3.05, 3.63) is 96.0 Å². The second-order valence-corrected chi connectivity index (χ2v) is 8.11. The van der Waals surface area contributed by atoms with E-state index in [9.17, 15) is 9.59 Å². The maximum Gasteiger partial charge on any atom is 0.312 e. The van der Waals surface area contributed by atoms with E-state index in [1.54, 1.807) is 29.7 Å². The predicted octanol–water partition coefficient (Wildman–Crippen LogP) is 5.34. The number of amides is 3. The van der Waals surface area contributed by atoms with Crippen LogP contribution in [-0.2, 0) is 4.79 Å². The number of nitrogens with two attached hydrogens (primary N) is 1. The highest BCUT2D eigenvalue weighted by Crippen LogP contribution is 2.27. The van der Waals surface area contributed by atoms with Crippen molar-refractivity contribution in [3.8, 4) is 22.1 Å². The van der Waals surface area contributed by atoms with Gasteiger partial charge in [-0.15, -0.1) is 11.3 Å². The second kappa shape index (κ2) is 10.4. The third-order valence-electron chi connectivity index (χ3n) is 4.79. The standard InChI is InChI=1S/C25H22N4O3S/c26-25(31)29-22(18-5-4-8-21(15-18)32-20-6-2-1-3-7-20)16-23(30)28-19-11-9-17(10-12-19)24-27-13-14-33-24/h1-15,22H,16H2,(H,28,30)(H3,26,29,31)/t22-/m0/s1. The number of ether oxygens (including phenoxy) is 1. The molecule has 0 aliphatic carbocycles. The van der Waals surface area contributed by atoms with Crippen LogP contribution in [0.3, 0.4) is 0 Å². The Balaban J connectivity index is 1.44. The van der Waals surface area contributed by atoms with E-state index in [0.717, 1.165) is 10.6 Å². The first kappa shape index (κ1) is 22.0. The quantitative estimate of drug-likeness (QED) is 0.331.